The van der Waals surface area contributed by atoms with E-state index in [0.717, 1.165) is 19.1 Å². The molecule has 1 amide bonds. The van der Waals surface area contributed by atoms with Crippen LogP contribution >= 0.6 is 0 Å². The third-order valence-corrected chi connectivity index (χ3v) is 2.56. The highest BCUT2D eigenvalue weighted by Gasteiger charge is 2.27. The Hall–Kier alpha value is -0.980. The van der Waals surface area contributed by atoms with Crippen LogP contribution in [0.4, 0.5) is 0 Å². The first kappa shape index (κ1) is 15.1. The summed E-state index contributed by atoms with van der Waals surface area (Å²) >= 11 is 0. The number of amides is 1. The Morgan fingerprint density at radius 1 is 1.56 bits per heavy atom. The number of carbonyl (C=O) groups excluding carboxylic acids is 2. The average molecular weight is 257 g/mol. The maximum Gasteiger partial charge on any atom is 0.255 e. The molecule has 1 rings (SSSR count). The van der Waals surface area contributed by atoms with Gasteiger partial charge in [-0.05, 0) is 40.5 Å². The standard InChI is InChI=1S/C12H23N3O3/c1-9(14-18-12(2,3)4)11(17)15-7-5-6-10(8-16)13-15/h8-10,13-14H,5-7H2,1-4H3. The van der Waals surface area contributed by atoms with Gasteiger partial charge in [0, 0.05) is 6.54 Å². The lowest BCUT2D eigenvalue weighted by molar-refractivity contribution is -0.148. The molecule has 104 valence electrons. The van der Waals surface area contributed by atoms with Crippen molar-refractivity contribution in [1.29, 1.82) is 0 Å². The van der Waals surface area contributed by atoms with Gasteiger partial charge in [-0.15, -0.1) is 0 Å². The van der Waals surface area contributed by atoms with E-state index < -0.39 is 6.04 Å². The highest BCUT2D eigenvalue weighted by molar-refractivity contribution is 5.81. The predicted octanol–water partition coefficient (Wildman–Crippen LogP) is 0.389. The summed E-state index contributed by atoms with van der Waals surface area (Å²) in [5.74, 6) is -0.120. The Morgan fingerprint density at radius 2 is 2.22 bits per heavy atom. The van der Waals surface area contributed by atoms with Gasteiger partial charge in [0.15, 0.2) is 0 Å². The summed E-state index contributed by atoms with van der Waals surface area (Å²) in [6.45, 7) is 8.06. The molecule has 1 saturated heterocycles. The summed E-state index contributed by atoms with van der Waals surface area (Å²) in [6.07, 6.45) is 2.44. The van der Waals surface area contributed by atoms with E-state index in [-0.39, 0.29) is 17.6 Å². The fourth-order valence-electron chi connectivity index (χ4n) is 1.62. The zero-order valence-corrected chi connectivity index (χ0v) is 11.5. The summed E-state index contributed by atoms with van der Waals surface area (Å²) in [5.41, 5.74) is 5.28. The number of nitrogens with one attached hydrogen (secondary N) is 2. The summed E-state index contributed by atoms with van der Waals surface area (Å²) in [5, 5.41) is 1.49. The van der Waals surface area contributed by atoms with Crippen LogP contribution in [0.2, 0.25) is 0 Å². The van der Waals surface area contributed by atoms with Gasteiger partial charge in [0.1, 0.15) is 12.3 Å². The molecule has 1 heterocycles. The molecule has 1 aliphatic rings. The van der Waals surface area contributed by atoms with Crippen molar-refractivity contribution in [3.8, 4) is 0 Å². The second kappa shape index (κ2) is 6.26. The number of carbonyl (C=O) groups is 2. The molecule has 0 bridgehead atoms. The van der Waals surface area contributed by atoms with Gasteiger partial charge >= 0.3 is 0 Å². The third-order valence-electron chi connectivity index (χ3n) is 2.56. The van der Waals surface area contributed by atoms with Crippen molar-refractivity contribution in [3.63, 3.8) is 0 Å². The Labute approximate surface area is 108 Å². The van der Waals surface area contributed by atoms with Crippen LogP contribution < -0.4 is 10.9 Å². The zero-order valence-electron chi connectivity index (χ0n) is 11.5. The lowest BCUT2D eigenvalue weighted by Gasteiger charge is -2.33. The number of hydrazine groups is 1. The smallest absolute Gasteiger partial charge is 0.255 e. The first-order valence-electron chi connectivity index (χ1n) is 6.30. The quantitative estimate of drug-likeness (QED) is 0.563. The van der Waals surface area contributed by atoms with E-state index in [1.54, 1.807) is 6.92 Å². The topological polar surface area (TPSA) is 70.7 Å². The minimum Gasteiger partial charge on any atom is -0.302 e. The summed E-state index contributed by atoms with van der Waals surface area (Å²) in [6, 6.07) is -0.722. The van der Waals surface area contributed by atoms with Crippen LogP contribution in [-0.2, 0) is 14.4 Å². The number of rotatable bonds is 4. The normalized spacial score (nSPS) is 22.7. The third kappa shape index (κ3) is 4.72. The zero-order chi connectivity index (χ0) is 13.8. The fourth-order valence-corrected chi connectivity index (χ4v) is 1.62. The van der Waals surface area contributed by atoms with Gasteiger partial charge in [-0.25, -0.2) is 5.43 Å². The van der Waals surface area contributed by atoms with Crippen molar-refractivity contribution < 1.29 is 14.4 Å². The van der Waals surface area contributed by atoms with E-state index in [0.29, 0.717) is 6.54 Å². The molecule has 0 spiro atoms. The molecule has 0 aliphatic carbocycles. The van der Waals surface area contributed by atoms with Crippen LogP contribution in [0.15, 0.2) is 0 Å². The van der Waals surface area contributed by atoms with Crippen LogP contribution in [0.3, 0.4) is 0 Å². The largest absolute Gasteiger partial charge is 0.302 e. The molecule has 6 heteroatoms. The second-order valence-electron chi connectivity index (χ2n) is 5.56. The maximum atomic E-state index is 12.1. The summed E-state index contributed by atoms with van der Waals surface area (Å²) in [4.78, 5) is 28.2. The lowest BCUT2D eigenvalue weighted by atomic mass is 10.1. The minimum atomic E-state index is -0.456. The molecular formula is C12H23N3O3. The predicted molar refractivity (Wildman–Crippen MR) is 67.4 cm³/mol. The summed E-state index contributed by atoms with van der Waals surface area (Å²) < 4.78 is 0. The van der Waals surface area contributed by atoms with Gasteiger partial charge in [0.2, 0.25) is 0 Å². The summed E-state index contributed by atoms with van der Waals surface area (Å²) in [7, 11) is 0. The van der Waals surface area contributed by atoms with Gasteiger partial charge < -0.3 is 4.79 Å². The maximum absolute atomic E-state index is 12.1. The van der Waals surface area contributed by atoms with Crippen molar-refractivity contribution in [3.05, 3.63) is 0 Å². The number of hydroxylamine groups is 1. The number of nitrogens with zero attached hydrogens (tertiary/aromatic N) is 1. The van der Waals surface area contributed by atoms with E-state index in [4.69, 9.17) is 4.84 Å². The van der Waals surface area contributed by atoms with Crippen molar-refractivity contribution >= 4 is 12.2 Å². The molecule has 1 fully saturated rings. The Kier molecular flexibility index (Phi) is 5.25. The van der Waals surface area contributed by atoms with E-state index in [9.17, 15) is 9.59 Å². The molecular weight excluding hydrogens is 234 g/mol. The first-order valence-corrected chi connectivity index (χ1v) is 6.30. The molecule has 0 radical (unpaired) electrons. The molecule has 1 aliphatic heterocycles. The highest BCUT2D eigenvalue weighted by Crippen LogP contribution is 2.08. The number of aldehydes is 1. The van der Waals surface area contributed by atoms with Gasteiger partial charge in [-0.1, -0.05) is 0 Å². The van der Waals surface area contributed by atoms with Crippen LogP contribution in [0.1, 0.15) is 40.5 Å². The monoisotopic (exact) mass is 257 g/mol. The average Bonchev–Trinajstić information content (AvgIpc) is 2.34. The van der Waals surface area contributed by atoms with Crippen LogP contribution in [0.25, 0.3) is 0 Å². The second-order valence-corrected chi connectivity index (χ2v) is 5.56. The first-order chi connectivity index (χ1) is 8.33. The van der Waals surface area contributed by atoms with Crippen molar-refractivity contribution in [2.45, 2.75) is 58.2 Å². The molecule has 0 aromatic heterocycles. The van der Waals surface area contributed by atoms with Gasteiger partial charge in [0.05, 0.1) is 11.6 Å². The molecule has 2 atom stereocenters. The Balaban J connectivity index is 2.45. The number of hydrogen-bond donors (Lipinski definition) is 2. The van der Waals surface area contributed by atoms with Gasteiger partial charge in [0.25, 0.3) is 5.91 Å². The number of hydrogen-bond acceptors (Lipinski definition) is 5. The van der Waals surface area contributed by atoms with Gasteiger partial charge in [-0.3, -0.25) is 14.6 Å². The molecule has 6 nitrogen and oxygen atoms in total. The Morgan fingerprint density at radius 3 is 2.78 bits per heavy atom. The van der Waals surface area contributed by atoms with E-state index in [2.05, 4.69) is 10.9 Å². The highest BCUT2D eigenvalue weighted by atomic mass is 16.7. The van der Waals surface area contributed by atoms with Crippen LogP contribution in [0, 0.1) is 0 Å². The molecule has 18 heavy (non-hydrogen) atoms. The fraction of sp³-hybridized carbons (Fsp3) is 0.833. The van der Waals surface area contributed by atoms with Crippen LogP contribution in [-0.4, -0.2) is 41.4 Å². The molecule has 2 N–H and O–H groups in total. The van der Waals surface area contributed by atoms with E-state index in [1.165, 1.54) is 5.01 Å². The van der Waals surface area contributed by atoms with Crippen LogP contribution in [0.5, 0.6) is 0 Å². The van der Waals surface area contributed by atoms with Crippen molar-refractivity contribution in [2.24, 2.45) is 0 Å². The van der Waals surface area contributed by atoms with E-state index in [1.807, 2.05) is 20.8 Å². The van der Waals surface area contributed by atoms with Crippen molar-refractivity contribution in [2.75, 3.05) is 6.54 Å². The molecule has 2 unspecified atom stereocenters. The van der Waals surface area contributed by atoms with Gasteiger partial charge in [-0.2, -0.15) is 5.48 Å². The minimum absolute atomic E-state index is 0.120. The molecule has 0 saturated carbocycles. The lowest BCUT2D eigenvalue weighted by Crippen LogP contribution is -2.57. The van der Waals surface area contributed by atoms with Crippen molar-refractivity contribution in [1.82, 2.24) is 15.9 Å². The molecule has 0 aromatic carbocycles. The molecule has 0 aromatic rings. The van der Waals surface area contributed by atoms with E-state index >= 15 is 0 Å². The Bertz CT molecular complexity index is 301. The SMILES string of the molecule is CC(NOC(C)(C)C)C(=O)N1CCCC(C=O)N1.